The number of carbonyl (C=O) groups is 2. The second kappa shape index (κ2) is 7.01. The third-order valence-electron chi connectivity index (χ3n) is 2.07. The van der Waals surface area contributed by atoms with Crippen LogP contribution in [0.1, 0.15) is 22.8 Å². The Morgan fingerprint density at radius 1 is 0.778 bits per heavy atom. The van der Waals surface area contributed by atoms with Crippen LogP contribution < -0.4 is 0 Å². The largest absolute Gasteiger partial charge is 0.481 e. The monoisotopic (exact) mass is 242 g/mol. The summed E-state index contributed by atoms with van der Waals surface area (Å²) in [5, 5.41) is 7.42. The van der Waals surface area contributed by atoms with Gasteiger partial charge >= 0.3 is 0 Å². The highest BCUT2D eigenvalue weighted by Gasteiger charge is 2.06. The van der Waals surface area contributed by atoms with Crippen molar-refractivity contribution in [1.82, 2.24) is 0 Å². The molecule has 0 spiro atoms. The number of benzene rings is 2. The summed E-state index contributed by atoms with van der Waals surface area (Å²) in [5.41, 5.74) is 1.47. The Kier molecular flexibility index (Phi) is 5.32. The first-order valence-electron chi connectivity index (χ1n) is 5.45. The zero-order valence-corrected chi connectivity index (χ0v) is 10.0. The number of aliphatic carboxylic acids is 1. The van der Waals surface area contributed by atoms with E-state index in [9.17, 15) is 4.79 Å². The smallest absolute Gasteiger partial charge is 0.300 e. The SMILES string of the molecule is CC(=O)O.O=C(c1ccccc1)c1ccccc1. The van der Waals surface area contributed by atoms with Crippen LogP contribution in [0.2, 0.25) is 0 Å². The average Bonchev–Trinajstić information content (AvgIpc) is 2.39. The molecule has 0 aliphatic carbocycles. The second-order valence-electron chi connectivity index (χ2n) is 3.58. The first-order chi connectivity index (χ1) is 8.61. The maximum Gasteiger partial charge on any atom is 0.300 e. The quantitative estimate of drug-likeness (QED) is 0.823. The summed E-state index contributed by atoms with van der Waals surface area (Å²) in [7, 11) is 0. The molecule has 2 rings (SSSR count). The fourth-order valence-electron chi connectivity index (χ4n) is 1.35. The summed E-state index contributed by atoms with van der Waals surface area (Å²) in [6.45, 7) is 1.08. The summed E-state index contributed by atoms with van der Waals surface area (Å²) in [6, 6.07) is 18.6. The van der Waals surface area contributed by atoms with E-state index >= 15 is 0 Å². The molecule has 3 heteroatoms. The zero-order valence-electron chi connectivity index (χ0n) is 10.0. The van der Waals surface area contributed by atoms with Crippen LogP contribution in [0.3, 0.4) is 0 Å². The summed E-state index contributed by atoms with van der Waals surface area (Å²) < 4.78 is 0. The minimum Gasteiger partial charge on any atom is -0.481 e. The molecule has 2 aromatic rings. The Balaban J connectivity index is 0.000000357. The van der Waals surface area contributed by atoms with Gasteiger partial charge in [-0.05, 0) is 0 Å². The van der Waals surface area contributed by atoms with Crippen LogP contribution in [0.25, 0.3) is 0 Å². The highest BCUT2D eigenvalue weighted by Crippen LogP contribution is 2.08. The molecule has 0 atom stereocenters. The van der Waals surface area contributed by atoms with Crippen LogP contribution in [-0.4, -0.2) is 16.9 Å². The summed E-state index contributed by atoms with van der Waals surface area (Å²) >= 11 is 0. The van der Waals surface area contributed by atoms with Crippen molar-refractivity contribution in [3.8, 4) is 0 Å². The predicted molar refractivity (Wildman–Crippen MR) is 69.6 cm³/mol. The molecule has 0 amide bonds. The van der Waals surface area contributed by atoms with Gasteiger partial charge in [0.1, 0.15) is 0 Å². The fraction of sp³-hybridized carbons (Fsp3) is 0.0667. The first-order valence-corrected chi connectivity index (χ1v) is 5.45. The van der Waals surface area contributed by atoms with Crippen molar-refractivity contribution < 1.29 is 14.7 Å². The molecule has 18 heavy (non-hydrogen) atoms. The molecule has 92 valence electrons. The van der Waals surface area contributed by atoms with E-state index in [1.54, 1.807) is 0 Å². The van der Waals surface area contributed by atoms with Crippen LogP contribution in [0.5, 0.6) is 0 Å². The normalized spacial score (nSPS) is 8.94. The minimum atomic E-state index is -0.833. The molecular formula is C15H14O3. The summed E-state index contributed by atoms with van der Waals surface area (Å²) in [5.74, 6) is -0.758. The molecule has 0 aliphatic heterocycles. The summed E-state index contributed by atoms with van der Waals surface area (Å²) in [6.07, 6.45) is 0. The van der Waals surface area contributed by atoms with Crippen LogP contribution in [0.15, 0.2) is 60.7 Å². The fourth-order valence-corrected chi connectivity index (χ4v) is 1.35. The van der Waals surface area contributed by atoms with E-state index in [1.807, 2.05) is 60.7 Å². The molecule has 0 aromatic heterocycles. The van der Waals surface area contributed by atoms with Crippen LogP contribution in [-0.2, 0) is 4.79 Å². The lowest BCUT2D eigenvalue weighted by Gasteiger charge is -1.99. The molecule has 1 N–H and O–H groups in total. The van der Waals surface area contributed by atoms with Gasteiger partial charge in [-0.15, -0.1) is 0 Å². The molecule has 0 unspecified atom stereocenters. The topological polar surface area (TPSA) is 54.4 Å². The Morgan fingerprint density at radius 3 is 1.33 bits per heavy atom. The number of hydrogen-bond acceptors (Lipinski definition) is 2. The minimum absolute atomic E-state index is 0.0752. The number of carbonyl (C=O) groups excluding carboxylic acids is 1. The van der Waals surface area contributed by atoms with Gasteiger partial charge in [-0.25, -0.2) is 0 Å². The van der Waals surface area contributed by atoms with Gasteiger partial charge in [-0.3, -0.25) is 9.59 Å². The van der Waals surface area contributed by atoms with Crippen molar-refractivity contribution in [2.75, 3.05) is 0 Å². The van der Waals surface area contributed by atoms with E-state index in [1.165, 1.54) is 0 Å². The lowest BCUT2D eigenvalue weighted by Crippen LogP contribution is -1.99. The van der Waals surface area contributed by atoms with Crippen molar-refractivity contribution >= 4 is 11.8 Å². The molecule has 0 saturated carbocycles. The van der Waals surface area contributed by atoms with Crippen LogP contribution in [0, 0.1) is 0 Å². The van der Waals surface area contributed by atoms with Crippen molar-refractivity contribution in [3.05, 3.63) is 71.8 Å². The average molecular weight is 242 g/mol. The third kappa shape index (κ3) is 4.61. The van der Waals surface area contributed by atoms with E-state index in [-0.39, 0.29) is 5.78 Å². The van der Waals surface area contributed by atoms with Crippen molar-refractivity contribution in [3.63, 3.8) is 0 Å². The van der Waals surface area contributed by atoms with E-state index in [0.29, 0.717) is 0 Å². The van der Waals surface area contributed by atoms with Gasteiger partial charge in [0, 0.05) is 18.1 Å². The molecule has 0 radical (unpaired) electrons. The second-order valence-corrected chi connectivity index (χ2v) is 3.58. The Labute approximate surface area is 106 Å². The number of carboxylic acid groups (broad SMARTS) is 1. The van der Waals surface area contributed by atoms with Crippen LogP contribution >= 0.6 is 0 Å². The number of carboxylic acids is 1. The number of rotatable bonds is 2. The first kappa shape index (κ1) is 13.6. The maximum absolute atomic E-state index is 11.8. The highest BCUT2D eigenvalue weighted by molar-refractivity contribution is 6.08. The van der Waals surface area contributed by atoms with E-state index in [0.717, 1.165) is 18.1 Å². The lowest BCUT2D eigenvalue weighted by atomic mass is 10.0. The van der Waals surface area contributed by atoms with Crippen molar-refractivity contribution in [2.45, 2.75) is 6.92 Å². The molecule has 0 fully saturated rings. The van der Waals surface area contributed by atoms with Gasteiger partial charge in [0.15, 0.2) is 5.78 Å². The van der Waals surface area contributed by atoms with Gasteiger partial charge < -0.3 is 5.11 Å². The lowest BCUT2D eigenvalue weighted by molar-refractivity contribution is -0.134. The van der Waals surface area contributed by atoms with Gasteiger partial charge in [0.05, 0.1) is 0 Å². The molecule has 0 bridgehead atoms. The van der Waals surface area contributed by atoms with E-state index in [2.05, 4.69) is 0 Å². The third-order valence-corrected chi connectivity index (χ3v) is 2.07. The Morgan fingerprint density at radius 2 is 1.06 bits per heavy atom. The van der Waals surface area contributed by atoms with E-state index < -0.39 is 5.97 Å². The molecule has 0 heterocycles. The maximum atomic E-state index is 11.8. The van der Waals surface area contributed by atoms with Crippen molar-refractivity contribution in [1.29, 1.82) is 0 Å². The number of ketones is 1. The van der Waals surface area contributed by atoms with Gasteiger partial charge in [-0.2, -0.15) is 0 Å². The number of hydrogen-bond donors (Lipinski definition) is 1. The van der Waals surface area contributed by atoms with Gasteiger partial charge in [0.2, 0.25) is 0 Å². The Bertz CT molecular complexity index is 458. The van der Waals surface area contributed by atoms with Crippen molar-refractivity contribution in [2.24, 2.45) is 0 Å². The molecule has 3 nitrogen and oxygen atoms in total. The van der Waals surface area contributed by atoms with Gasteiger partial charge in [0.25, 0.3) is 5.97 Å². The highest BCUT2D eigenvalue weighted by atomic mass is 16.4. The molecule has 0 aliphatic rings. The molecule has 2 aromatic carbocycles. The Hall–Kier alpha value is -2.42. The molecule has 0 saturated heterocycles. The summed E-state index contributed by atoms with van der Waals surface area (Å²) in [4.78, 5) is 20.8. The predicted octanol–water partition coefficient (Wildman–Crippen LogP) is 3.01. The van der Waals surface area contributed by atoms with E-state index in [4.69, 9.17) is 9.90 Å². The van der Waals surface area contributed by atoms with Crippen LogP contribution in [0.4, 0.5) is 0 Å². The standard InChI is InChI=1S/C13H10O.C2H4O2/c14-13(11-7-3-1-4-8-11)12-9-5-2-6-10-12;1-2(3)4/h1-10H;1H3,(H,3,4). The van der Waals surface area contributed by atoms with Gasteiger partial charge in [-0.1, -0.05) is 60.7 Å². The zero-order chi connectivity index (χ0) is 13.4. The molecular weight excluding hydrogens is 228 g/mol.